The number of hydrogen-bond donors (Lipinski definition) is 2. The summed E-state index contributed by atoms with van der Waals surface area (Å²) in [5.74, 6) is -0.360. The van der Waals surface area contributed by atoms with Crippen molar-refractivity contribution in [1.29, 1.82) is 0 Å². The maximum Gasteiger partial charge on any atom is 0.262 e. The summed E-state index contributed by atoms with van der Waals surface area (Å²) in [6, 6.07) is 10.9. The number of anilines is 2. The molecule has 7 nitrogen and oxygen atoms in total. The van der Waals surface area contributed by atoms with Crippen LogP contribution in [0.3, 0.4) is 0 Å². The molecule has 33 heavy (non-hydrogen) atoms. The molecule has 1 saturated heterocycles. The number of amides is 3. The van der Waals surface area contributed by atoms with Crippen LogP contribution in [-0.2, 0) is 20.8 Å². The first-order valence-electron chi connectivity index (χ1n) is 10.8. The Morgan fingerprint density at radius 3 is 2.67 bits per heavy atom. The largest absolute Gasteiger partial charge is 0.484 e. The highest BCUT2D eigenvalue weighted by Gasteiger charge is 2.34. The summed E-state index contributed by atoms with van der Waals surface area (Å²) >= 11 is 3.48. The fourth-order valence-electron chi connectivity index (χ4n) is 3.77. The average molecular weight is 514 g/mol. The second-order valence-corrected chi connectivity index (χ2v) is 8.80. The van der Waals surface area contributed by atoms with Crippen LogP contribution in [0.15, 0.2) is 53.5 Å². The minimum Gasteiger partial charge on any atom is -0.484 e. The Bertz CT molecular complexity index is 1050. The van der Waals surface area contributed by atoms with Crippen LogP contribution in [0, 0.1) is 12.8 Å². The van der Waals surface area contributed by atoms with Gasteiger partial charge in [-0.15, -0.1) is 6.58 Å². The number of hydrogen-bond acceptors (Lipinski definition) is 4. The van der Waals surface area contributed by atoms with Gasteiger partial charge in [-0.2, -0.15) is 0 Å². The van der Waals surface area contributed by atoms with E-state index in [0.717, 1.165) is 27.7 Å². The zero-order chi connectivity index (χ0) is 24.0. The molecule has 1 fully saturated rings. The van der Waals surface area contributed by atoms with Crippen molar-refractivity contribution >= 4 is 45.0 Å². The van der Waals surface area contributed by atoms with E-state index in [2.05, 4.69) is 33.1 Å². The Balaban J connectivity index is 1.56. The van der Waals surface area contributed by atoms with E-state index in [0.29, 0.717) is 24.5 Å². The highest BCUT2D eigenvalue weighted by molar-refractivity contribution is 9.10. The first-order valence-corrected chi connectivity index (χ1v) is 11.6. The van der Waals surface area contributed by atoms with Crippen LogP contribution in [-0.4, -0.2) is 37.4 Å². The standard InChI is InChI=1S/C25H28BrN3O4/c1-4-10-27-25(32)18-13-23(31)29(14-18)20-6-8-21(9-7-20)33-15-22(30)28-24-16(3)11-19(26)12-17(24)5-2/h4,6-9,11-12,18H,1,5,10,13-15H2,2-3H3,(H,27,32)(H,28,30)/t18-/m0/s1. The third-order valence-electron chi connectivity index (χ3n) is 5.46. The van der Waals surface area contributed by atoms with Gasteiger partial charge in [0.1, 0.15) is 5.75 Å². The van der Waals surface area contributed by atoms with Gasteiger partial charge in [0, 0.05) is 35.4 Å². The van der Waals surface area contributed by atoms with Crippen molar-refractivity contribution in [3.05, 3.63) is 64.7 Å². The molecule has 3 amide bonds. The molecule has 3 rings (SSSR count). The molecule has 174 valence electrons. The predicted molar refractivity (Wildman–Crippen MR) is 132 cm³/mol. The van der Waals surface area contributed by atoms with Crippen LogP contribution in [0.2, 0.25) is 0 Å². The molecule has 2 aromatic rings. The molecule has 1 heterocycles. The number of benzene rings is 2. The van der Waals surface area contributed by atoms with Crippen molar-refractivity contribution in [2.45, 2.75) is 26.7 Å². The van der Waals surface area contributed by atoms with Crippen LogP contribution in [0.25, 0.3) is 0 Å². The smallest absolute Gasteiger partial charge is 0.262 e. The fourth-order valence-corrected chi connectivity index (χ4v) is 4.39. The summed E-state index contributed by atoms with van der Waals surface area (Å²) in [7, 11) is 0. The monoisotopic (exact) mass is 513 g/mol. The quantitative estimate of drug-likeness (QED) is 0.496. The van der Waals surface area contributed by atoms with E-state index in [4.69, 9.17) is 4.74 Å². The molecule has 1 aliphatic rings. The van der Waals surface area contributed by atoms with Crippen LogP contribution >= 0.6 is 15.9 Å². The van der Waals surface area contributed by atoms with Crippen molar-refractivity contribution < 1.29 is 19.1 Å². The molecule has 0 saturated carbocycles. The van der Waals surface area contributed by atoms with Gasteiger partial charge in [-0.3, -0.25) is 14.4 Å². The third-order valence-corrected chi connectivity index (χ3v) is 5.92. The molecule has 0 bridgehead atoms. The lowest BCUT2D eigenvalue weighted by atomic mass is 10.1. The molecule has 0 radical (unpaired) electrons. The van der Waals surface area contributed by atoms with Gasteiger partial charge in [-0.1, -0.05) is 28.9 Å². The maximum absolute atomic E-state index is 12.4. The third kappa shape index (κ3) is 6.22. The first-order chi connectivity index (χ1) is 15.8. The van der Waals surface area contributed by atoms with Gasteiger partial charge in [0.15, 0.2) is 6.61 Å². The number of halogens is 1. The Kier molecular flexibility index (Phi) is 8.27. The van der Waals surface area contributed by atoms with Gasteiger partial charge in [0.25, 0.3) is 5.91 Å². The van der Waals surface area contributed by atoms with Crippen molar-refractivity contribution in [2.24, 2.45) is 5.92 Å². The zero-order valence-electron chi connectivity index (χ0n) is 18.8. The number of rotatable bonds is 9. The molecule has 2 N–H and O–H groups in total. The van der Waals surface area contributed by atoms with Crippen LogP contribution in [0.1, 0.15) is 24.5 Å². The van der Waals surface area contributed by atoms with E-state index in [9.17, 15) is 14.4 Å². The molecule has 0 unspecified atom stereocenters. The van der Waals surface area contributed by atoms with Gasteiger partial charge in [-0.25, -0.2) is 0 Å². The van der Waals surface area contributed by atoms with E-state index in [-0.39, 0.29) is 36.7 Å². The summed E-state index contributed by atoms with van der Waals surface area (Å²) in [4.78, 5) is 38.6. The second kappa shape index (κ2) is 11.1. The summed E-state index contributed by atoms with van der Waals surface area (Å²) in [6.07, 6.45) is 2.58. The average Bonchev–Trinajstić information content (AvgIpc) is 3.19. The number of nitrogens with one attached hydrogen (secondary N) is 2. The van der Waals surface area contributed by atoms with Crippen molar-refractivity contribution in [3.8, 4) is 5.75 Å². The first kappa shape index (κ1) is 24.5. The molecule has 0 aromatic heterocycles. The molecule has 1 atom stereocenters. The molecule has 0 aliphatic carbocycles. The SMILES string of the molecule is C=CCNC(=O)[C@H]1CC(=O)N(c2ccc(OCC(=O)Nc3c(C)cc(Br)cc3CC)cc2)C1. The fraction of sp³-hybridized carbons (Fsp3) is 0.320. The van der Waals surface area contributed by atoms with E-state index >= 15 is 0 Å². The van der Waals surface area contributed by atoms with E-state index in [1.54, 1.807) is 35.2 Å². The second-order valence-electron chi connectivity index (χ2n) is 7.88. The lowest BCUT2D eigenvalue weighted by Crippen LogP contribution is -2.32. The Labute approximate surface area is 202 Å². The number of nitrogens with zero attached hydrogens (tertiary/aromatic N) is 1. The van der Waals surface area contributed by atoms with Gasteiger partial charge >= 0.3 is 0 Å². The normalized spacial score (nSPS) is 15.3. The lowest BCUT2D eigenvalue weighted by Gasteiger charge is -2.17. The van der Waals surface area contributed by atoms with Gasteiger partial charge in [-0.05, 0) is 60.9 Å². The number of carbonyl (C=O) groups is 3. The van der Waals surface area contributed by atoms with Crippen molar-refractivity contribution in [2.75, 3.05) is 29.9 Å². The molecule has 0 spiro atoms. The van der Waals surface area contributed by atoms with E-state index in [1.165, 1.54) is 0 Å². The highest BCUT2D eigenvalue weighted by Crippen LogP contribution is 2.28. The zero-order valence-corrected chi connectivity index (χ0v) is 20.4. The Morgan fingerprint density at radius 1 is 1.27 bits per heavy atom. The predicted octanol–water partition coefficient (Wildman–Crippen LogP) is 3.99. The molecular weight excluding hydrogens is 486 g/mol. The van der Waals surface area contributed by atoms with Gasteiger partial charge < -0.3 is 20.3 Å². The molecule has 8 heteroatoms. The summed E-state index contributed by atoms with van der Waals surface area (Å²) in [5.41, 5.74) is 3.52. The molecular formula is C25H28BrN3O4. The van der Waals surface area contributed by atoms with Gasteiger partial charge in [0.2, 0.25) is 11.8 Å². The van der Waals surface area contributed by atoms with Crippen molar-refractivity contribution in [1.82, 2.24) is 5.32 Å². The summed E-state index contributed by atoms with van der Waals surface area (Å²) < 4.78 is 6.61. The maximum atomic E-state index is 12.4. The van der Waals surface area contributed by atoms with Crippen LogP contribution in [0.4, 0.5) is 11.4 Å². The lowest BCUT2D eigenvalue weighted by molar-refractivity contribution is -0.126. The van der Waals surface area contributed by atoms with E-state index < -0.39 is 0 Å². The van der Waals surface area contributed by atoms with Crippen molar-refractivity contribution in [3.63, 3.8) is 0 Å². The van der Waals surface area contributed by atoms with Crippen LogP contribution < -0.4 is 20.3 Å². The topological polar surface area (TPSA) is 87.7 Å². The number of carbonyl (C=O) groups excluding carboxylic acids is 3. The summed E-state index contributed by atoms with van der Waals surface area (Å²) in [6.45, 7) is 8.14. The Hall–Kier alpha value is -3.13. The number of ether oxygens (including phenoxy) is 1. The molecule has 1 aliphatic heterocycles. The number of aryl methyl sites for hydroxylation is 2. The minimum atomic E-state index is -0.382. The highest BCUT2D eigenvalue weighted by atomic mass is 79.9. The van der Waals surface area contributed by atoms with Gasteiger partial charge in [0.05, 0.1) is 5.92 Å². The Morgan fingerprint density at radius 2 is 2.00 bits per heavy atom. The summed E-state index contributed by atoms with van der Waals surface area (Å²) in [5, 5.41) is 5.68. The molecule has 2 aromatic carbocycles. The van der Waals surface area contributed by atoms with E-state index in [1.807, 2.05) is 26.0 Å². The van der Waals surface area contributed by atoms with Crippen LogP contribution in [0.5, 0.6) is 5.75 Å². The minimum absolute atomic E-state index is 0.0987.